The maximum Gasteiger partial charge on any atom is 0.160 e. The topological polar surface area (TPSA) is 38.7 Å². The van der Waals surface area contributed by atoms with Crippen molar-refractivity contribution >= 4 is 10.9 Å². The van der Waals surface area contributed by atoms with Crippen molar-refractivity contribution in [3.8, 4) is 78.3 Å². The monoisotopic (exact) mass is 663 g/mol. The second-order valence-corrected chi connectivity index (χ2v) is 12.9. The molecule has 9 rings (SSSR count). The van der Waals surface area contributed by atoms with Crippen molar-refractivity contribution in [3.63, 3.8) is 0 Å². The highest BCUT2D eigenvalue weighted by Gasteiger charge is 2.15. The summed E-state index contributed by atoms with van der Waals surface area (Å²) in [4.78, 5) is 14.9. The molecule has 0 saturated carbocycles. The summed E-state index contributed by atoms with van der Waals surface area (Å²) >= 11 is 0. The predicted octanol–water partition coefficient (Wildman–Crippen LogP) is 12.7. The highest BCUT2D eigenvalue weighted by molar-refractivity contribution is 5.96. The summed E-state index contributed by atoms with van der Waals surface area (Å²) in [5.41, 5.74) is 15.2. The highest BCUT2D eigenvalue weighted by Crippen LogP contribution is 2.36. The first-order valence-corrected chi connectivity index (χ1v) is 17.5. The molecule has 52 heavy (non-hydrogen) atoms. The minimum absolute atomic E-state index is 0.694. The van der Waals surface area contributed by atoms with E-state index in [1.165, 1.54) is 5.56 Å². The average Bonchev–Trinajstić information content (AvgIpc) is 3.24. The first-order valence-electron chi connectivity index (χ1n) is 17.5. The molecule has 0 N–H and O–H groups in total. The van der Waals surface area contributed by atoms with Crippen LogP contribution in [-0.4, -0.2) is 15.0 Å². The Labute approximate surface area is 303 Å². The molecular formula is C49H33N3. The van der Waals surface area contributed by atoms with E-state index in [-0.39, 0.29) is 0 Å². The normalized spacial score (nSPS) is 11.1. The third-order valence-corrected chi connectivity index (χ3v) is 9.56. The summed E-state index contributed by atoms with van der Waals surface area (Å²) < 4.78 is 0. The number of benzene rings is 7. The quantitative estimate of drug-likeness (QED) is 0.170. The molecule has 7 aromatic carbocycles. The lowest BCUT2D eigenvalue weighted by Crippen LogP contribution is -1.96. The number of nitrogens with zero attached hydrogens (tertiary/aromatic N) is 3. The Hall–Kier alpha value is -6.97. The maximum absolute atomic E-state index is 5.28. The van der Waals surface area contributed by atoms with E-state index in [0.29, 0.717) is 5.82 Å². The van der Waals surface area contributed by atoms with Crippen molar-refractivity contribution in [2.75, 3.05) is 0 Å². The number of rotatable bonds is 7. The Bertz CT molecular complexity index is 2640. The fourth-order valence-corrected chi connectivity index (χ4v) is 6.87. The molecule has 3 heteroatoms. The molecule has 0 bridgehead atoms. The van der Waals surface area contributed by atoms with Crippen LogP contribution in [0.25, 0.3) is 89.2 Å². The van der Waals surface area contributed by atoms with Gasteiger partial charge in [-0.1, -0.05) is 146 Å². The second kappa shape index (κ2) is 13.7. The second-order valence-electron chi connectivity index (χ2n) is 12.9. The van der Waals surface area contributed by atoms with Gasteiger partial charge in [-0.2, -0.15) is 0 Å². The van der Waals surface area contributed by atoms with Gasteiger partial charge in [-0.3, -0.25) is 4.98 Å². The van der Waals surface area contributed by atoms with Gasteiger partial charge in [0.25, 0.3) is 0 Å². The van der Waals surface area contributed by atoms with Gasteiger partial charge in [0.1, 0.15) is 0 Å². The molecule has 0 amide bonds. The van der Waals surface area contributed by atoms with Gasteiger partial charge in [-0.05, 0) is 92.5 Å². The van der Waals surface area contributed by atoms with Crippen LogP contribution >= 0.6 is 0 Å². The van der Waals surface area contributed by atoms with E-state index in [1.807, 2.05) is 24.4 Å². The van der Waals surface area contributed by atoms with Gasteiger partial charge in [-0.15, -0.1) is 0 Å². The number of aromatic nitrogens is 3. The largest absolute Gasteiger partial charge is 0.264 e. The molecule has 244 valence electrons. The number of pyridine rings is 1. The van der Waals surface area contributed by atoms with Gasteiger partial charge in [0.15, 0.2) is 5.82 Å². The Morgan fingerprint density at radius 1 is 0.288 bits per heavy atom. The van der Waals surface area contributed by atoms with Crippen LogP contribution in [0.2, 0.25) is 0 Å². The predicted molar refractivity (Wildman–Crippen MR) is 215 cm³/mol. The number of hydrogen-bond donors (Lipinski definition) is 0. The molecule has 0 spiro atoms. The molecule has 0 atom stereocenters. The molecule has 2 heterocycles. The lowest BCUT2D eigenvalue weighted by Gasteiger charge is -2.14. The average molecular weight is 664 g/mol. The number of hydrogen-bond acceptors (Lipinski definition) is 3. The van der Waals surface area contributed by atoms with Crippen LogP contribution in [0.5, 0.6) is 0 Å². The zero-order valence-corrected chi connectivity index (χ0v) is 28.4. The molecule has 3 nitrogen and oxygen atoms in total. The SMILES string of the molecule is c1ccc(-c2cc(-c3ccc(-c4cccc(-c5cccnc5)c4)cc3)cc(-c3nc(-c4ccccc4)c4ccc(-c5ccccc5)cc4n3)c2)cc1. The fraction of sp³-hybridized carbons (Fsp3) is 0. The van der Waals surface area contributed by atoms with E-state index in [2.05, 4.69) is 175 Å². The third-order valence-electron chi connectivity index (χ3n) is 9.56. The molecule has 0 aliphatic carbocycles. The smallest absolute Gasteiger partial charge is 0.160 e. The first kappa shape index (κ1) is 31.0. The summed E-state index contributed by atoms with van der Waals surface area (Å²) in [7, 11) is 0. The molecule has 0 saturated heterocycles. The minimum atomic E-state index is 0.694. The standard InChI is InChI=1S/C49H33N3/c1-4-12-34(13-5-1)41-25-26-46-47(32-41)51-49(52-48(46)38-16-8-3-9-17-38)45-30-43(35-14-6-2-7-15-35)29-44(31-45)37-23-21-36(22-24-37)39-18-10-19-40(28-39)42-20-11-27-50-33-42/h1-33H. The summed E-state index contributed by atoms with van der Waals surface area (Å²) in [6.45, 7) is 0. The summed E-state index contributed by atoms with van der Waals surface area (Å²) in [6, 6.07) is 66.2. The minimum Gasteiger partial charge on any atom is -0.264 e. The summed E-state index contributed by atoms with van der Waals surface area (Å²) in [5, 5.41) is 1.03. The Morgan fingerprint density at radius 2 is 0.750 bits per heavy atom. The van der Waals surface area contributed by atoms with E-state index in [0.717, 1.165) is 77.8 Å². The van der Waals surface area contributed by atoms with E-state index >= 15 is 0 Å². The van der Waals surface area contributed by atoms with Gasteiger partial charge in [0.2, 0.25) is 0 Å². The fourth-order valence-electron chi connectivity index (χ4n) is 6.87. The van der Waals surface area contributed by atoms with Crippen LogP contribution in [-0.2, 0) is 0 Å². The van der Waals surface area contributed by atoms with Crippen LogP contribution in [0, 0.1) is 0 Å². The Kier molecular flexibility index (Phi) is 8.20. The van der Waals surface area contributed by atoms with Gasteiger partial charge < -0.3 is 0 Å². The van der Waals surface area contributed by atoms with Crippen LogP contribution in [0.15, 0.2) is 200 Å². The molecule has 0 fully saturated rings. The van der Waals surface area contributed by atoms with Crippen molar-refractivity contribution in [2.24, 2.45) is 0 Å². The van der Waals surface area contributed by atoms with Gasteiger partial charge in [0, 0.05) is 34.5 Å². The van der Waals surface area contributed by atoms with Gasteiger partial charge in [0.05, 0.1) is 11.2 Å². The third kappa shape index (κ3) is 6.28. The van der Waals surface area contributed by atoms with Crippen molar-refractivity contribution in [1.82, 2.24) is 15.0 Å². The molecule has 0 aliphatic rings. The molecule has 0 unspecified atom stereocenters. The zero-order valence-electron chi connectivity index (χ0n) is 28.4. The molecule has 0 aliphatic heterocycles. The summed E-state index contributed by atoms with van der Waals surface area (Å²) in [6.07, 6.45) is 3.71. The number of fused-ring (bicyclic) bond motifs is 1. The molecular weight excluding hydrogens is 631 g/mol. The van der Waals surface area contributed by atoms with Crippen LogP contribution in [0.3, 0.4) is 0 Å². The lowest BCUT2D eigenvalue weighted by molar-refractivity contribution is 1.23. The van der Waals surface area contributed by atoms with E-state index < -0.39 is 0 Å². The van der Waals surface area contributed by atoms with E-state index in [4.69, 9.17) is 9.97 Å². The highest BCUT2D eigenvalue weighted by atomic mass is 14.9. The zero-order chi connectivity index (χ0) is 34.7. The van der Waals surface area contributed by atoms with Crippen molar-refractivity contribution in [1.29, 1.82) is 0 Å². The van der Waals surface area contributed by atoms with E-state index in [9.17, 15) is 0 Å². The first-order chi connectivity index (χ1) is 25.7. The molecule has 2 aromatic heterocycles. The van der Waals surface area contributed by atoms with Crippen LogP contribution < -0.4 is 0 Å². The summed E-state index contributed by atoms with van der Waals surface area (Å²) in [5.74, 6) is 0.694. The van der Waals surface area contributed by atoms with Gasteiger partial charge in [-0.25, -0.2) is 9.97 Å². The maximum atomic E-state index is 5.28. The van der Waals surface area contributed by atoms with Crippen LogP contribution in [0.4, 0.5) is 0 Å². The van der Waals surface area contributed by atoms with Crippen LogP contribution in [0.1, 0.15) is 0 Å². The van der Waals surface area contributed by atoms with Gasteiger partial charge >= 0.3 is 0 Å². The molecule has 9 aromatic rings. The Balaban J connectivity index is 1.17. The van der Waals surface area contributed by atoms with Crippen molar-refractivity contribution in [2.45, 2.75) is 0 Å². The molecule has 0 radical (unpaired) electrons. The Morgan fingerprint density at radius 3 is 1.38 bits per heavy atom. The van der Waals surface area contributed by atoms with E-state index in [1.54, 1.807) is 6.20 Å². The lowest BCUT2D eigenvalue weighted by atomic mass is 9.94. The van der Waals surface area contributed by atoms with Crippen molar-refractivity contribution in [3.05, 3.63) is 200 Å². The van der Waals surface area contributed by atoms with Crippen molar-refractivity contribution < 1.29 is 0 Å².